The standard InChI is InChI=1S/C30H31FN4O3/c1-38-27-11-6-19(16-20(27)18-34-12-14-35(15-13-34)22-9-7-21(31)8-10-22)28-29-24(17-26(33-28)30(36)37)23-4-2-3-5-25(23)32-29/h2-11,16,26,28,32-33H,12-15,17-18H2,1H3,(H,36,37)/t26-,28+/m1/s1. The summed E-state index contributed by atoms with van der Waals surface area (Å²) in [6.07, 6.45) is 0.437. The lowest BCUT2D eigenvalue weighted by Crippen LogP contribution is -2.46. The minimum atomic E-state index is -0.848. The summed E-state index contributed by atoms with van der Waals surface area (Å²) in [4.78, 5) is 20.3. The van der Waals surface area contributed by atoms with Crippen LogP contribution in [0.25, 0.3) is 10.9 Å². The molecule has 2 aliphatic heterocycles. The number of anilines is 1. The minimum Gasteiger partial charge on any atom is -0.496 e. The van der Waals surface area contributed by atoms with Gasteiger partial charge in [0.2, 0.25) is 0 Å². The first kappa shape index (κ1) is 24.5. The summed E-state index contributed by atoms with van der Waals surface area (Å²) < 4.78 is 19.0. The van der Waals surface area contributed by atoms with E-state index in [1.54, 1.807) is 7.11 Å². The maximum absolute atomic E-state index is 13.3. The molecular formula is C30H31FN4O3. The third-order valence-corrected chi connectivity index (χ3v) is 7.81. The molecule has 3 heterocycles. The monoisotopic (exact) mass is 514 g/mol. The average molecular weight is 515 g/mol. The molecule has 0 saturated carbocycles. The van der Waals surface area contributed by atoms with Gasteiger partial charge in [-0.25, -0.2) is 4.39 Å². The van der Waals surface area contributed by atoms with Crippen molar-refractivity contribution in [1.82, 2.24) is 15.2 Å². The number of fused-ring (bicyclic) bond motifs is 3. The summed E-state index contributed by atoms with van der Waals surface area (Å²) in [6, 6.07) is 19.9. The molecule has 0 radical (unpaired) electrons. The molecule has 6 rings (SSSR count). The second-order valence-electron chi connectivity index (χ2n) is 10.1. The third-order valence-electron chi connectivity index (χ3n) is 7.81. The number of piperazine rings is 1. The first-order valence-electron chi connectivity index (χ1n) is 13.0. The van der Waals surface area contributed by atoms with Crippen LogP contribution in [0.1, 0.15) is 28.4 Å². The summed E-state index contributed by atoms with van der Waals surface area (Å²) in [5.41, 5.74) is 6.21. The number of ether oxygens (including phenoxy) is 1. The fourth-order valence-electron chi connectivity index (χ4n) is 5.81. The SMILES string of the molecule is COc1ccc([C@@H]2N[C@@H](C(=O)O)Cc3c2[nH]c2ccccc32)cc1CN1CCN(c2ccc(F)cc2)CC1. The molecule has 38 heavy (non-hydrogen) atoms. The van der Waals surface area contributed by atoms with Gasteiger partial charge in [0.25, 0.3) is 0 Å². The van der Waals surface area contributed by atoms with Gasteiger partial charge >= 0.3 is 5.97 Å². The number of carbonyl (C=O) groups is 1. The van der Waals surface area contributed by atoms with Crippen molar-refractivity contribution in [3.05, 3.63) is 94.9 Å². The van der Waals surface area contributed by atoms with Gasteiger partial charge in [-0.15, -0.1) is 0 Å². The lowest BCUT2D eigenvalue weighted by atomic mass is 9.89. The van der Waals surface area contributed by atoms with Crippen LogP contribution in [0.5, 0.6) is 5.75 Å². The number of rotatable bonds is 6. The average Bonchev–Trinajstić information content (AvgIpc) is 3.32. The number of aromatic nitrogens is 1. The highest BCUT2D eigenvalue weighted by Crippen LogP contribution is 2.37. The Hall–Kier alpha value is -3.88. The van der Waals surface area contributed by atoms with Gasteiger partial charge in [-0.2, -0.15) is 0 Å². The predicted octanol–water partition coefficient (Wildman–Crippen LogP) is 4.33. The van der Waals surface area contributed by atoms with E-state index in [0.29, 0.717) is 6.42 Å². The van der Waals surface area contributed by atoms with Crippen LogP contribution < -0.4 is 15.0 Å². The number of halogens is 1. The van der Waals surface area contributed by atoms with E-state index < -0.39 is 12.0 Å². The molecule has 8 heteroatoms. The topological polar surface area (TPSA) is 80.8 Å². The number of nitrogens with zero attached hydrogens (tertiary/aromatic N) is 2. The van der Waals surface area contributed by atoms with E-state index in [-0.39, 0.29) is 11.9 Å². The zero-order chi connectivity index (χ0) is 26.2. The number of methoxy groups -OCH3 is 1. The van der Waals surface area contributed by atoms with E-state index in [1.807, 2.05) is 42.5 Å². The van der Waals surface area contributed by atoms with Gasteiger partial charge in [-0.05, 0) is 53.6 Å². The summed E-state index contributed by atoms with van der Waals surface area (Å²) in [5, 5.41) is 14.3. The van der Waals surface area contributed by atoms with Gasteiger partial charge in [0.15, 0.2) is 0 Å². The van der Waals surface area contributed by atoms with Gasteiger partial charge in [0.1, 0.15) is 17.6 Å². The Balaban J connectivity index is 1.26. The second-order valence-corrected chi connectivity index (χ2v) is 10.1. The Kier molecular flexibility index (Phi) is 6.51. The summed E-state index contributed by atoms with van der Waals surface area (Å²) in [6.45, 7) is 4.19. The van der Waals surface area contributed by atoms with Crippen LogP contribution in [0.15, 0.2) is 66.7 Å². The fraction of sp³-hybridized carbons (Fsp3) is 0.300. The second kappa shape index (κ2) is 10.1. The fourth-order valence-corrected chi connectivity index (χ4v) is 5.81. The maximum Gasteiger partial charge on any atom is 0.321 e. The van der Waals surface area contributed by atoms with E-state index >= 15 is 0 Å². The Morgan fingerprint density at radius 1 is 1.05 bits per heavy atom. The molecule has 0 spiro atoms. The molecular weight excluding hydrogens is 483 g/mol. The van der Waals surface area contributed by atoms with Crippen molar-refractivity contribution in [1.29, 1.82) is 0 Å². The number of aromatic amines is 1. The van der Waals surface area contributed by atoms with Crippen molar-refractivity contribution >= 4 is 22.6 Å². The van der Waals surface area contributed by atoms with E-state index in [2.05, 4.69) is 32.2 Å². The molecule has 0 aliphatic carbocycles. The van der Waals surface area contributed by atoms with Crippen molar-refractivity contribution in [2.45, 2.75) is 25.0 Å². The summed E-state index contributed by atoms with van der Waals surface area (Å²) in [5.74, 6) is -0.253. The number of carboxylic acid groups (broad SMARTS) is 1. The van der Waals surface area contributed by atoms with Crippen molar-refractivity contribution < 1.29 is 19.0 Å². The van der Waals surface area contributed by atoms with E-state index in [9.17, 15) is 14.3 Å². The molecule has 3 aromatic carbocycles. The van der Waals surface area contributed by atoms with Gasteiger partial charge in [-0.1, -0.05) is 24.3 Å². The number of aliphatic carboxylic acids is 1. The van der Waals surface area contributed by atoms with Crippen LogP contribution in [0.3, 0.4) is 0 Å². The Bertz CT molecular complexity index is 1460. The normalized spacial score (nSPS) is 19.9. The van der Waals surface area contributed by atoms with Gasteiger partial charge in [0, 0.05) is 67.0 Å². The molecule has 1 fully saturated rings. The summed E-state index contributed by atoms with van der Waals surface area (Å²) in [7, 11) is 1.68. The van der Waals surface area contributed by atoms with Crippen LogP contribution in [-0.2, 0) is 17.8 Å². The lowest BCUT2D eigenvalue weighted by Gasteiger charge is -2.36. The molecule has 2 aliphatic rings. The van der Waals surface area contributed by atoms with Crippen LogP contribution in [0.4, 0.5) is 10.1 Å². The Morgan fingerprint density at radius 2 is 1.82 bits per heavy atom. The van der Waals surface area contributed by atoms with Crippen molar-refractivity contribution in [3.8, 4) is 5.75 Å². The molecule has 0 unspecified atom stereocenters. The van der Waals surface area contributed by atoms with Crippen molar-refractivity contribution in [2.24, 2.45) is 0 Å². The molecule has 196 valence electrons. The molecule has 1 aromatic heterocycles. The third kappa shape index (κ3) is 4.61. The van der Waals surface area contributed by atoms with E-state index in [1.165, 1.54) is 12.1 Å². The molecule has 3 N–H and O–H groups in total. The number of para-hydroxylation sites is 1. The number of carboxylic acids is 1. The largest absolute Gasteiger partial charge is 0.496 e. The molecule has 1 saturated heterocycles. The maximum atomic E-state index is 13.3. The molecule has 2 atom stereocenters. The number of nitrogens with one attached hydrogen (secondary N) is 2. The van der Waals surface area contributed by atoms with Crippen molar-refractivity contribution in [2.75, 3.05) is 38.2 Å². The highest BCUT2D eigenvalue weighted by molar-refractivity contribution is 5.87. The van der Waals surface area contributed by atoms with Gasteiger partial charge in [-0.3, -0.25) is 15.0 Å². The minimum absolute atomic E-state index is 0.221. The molecule has 4 aromatic rings. The smallest absolute Gasteiger partial charge is 0.321 e. The predicted molar refractivity (Wildman–Crippen MR) is 145 cm³/mol. The Labute approximate surface area is 220 Å². The number of hydrogen-bond donors (Lipinski definition) is 3. The summed E-state index contributed by atoms with van der Waals surface area (Å²) >= 11 is 0. The van der Waals surface area contributed by atoms with Crippen LogP contribution in [0, 0.1) is 5.82 Å². The molecule has 0 bridgehead atoms. The highest BCUT2D eigenvalue weighted by atomic mass is 19.1. The first-order valence-corrected chi connectivity index (χ1v) is 13.0. The van der Waals surface area contributed by atoms with Crippen LogP contribution >= 0.6 is 0 Å². The lowest BCUT2D eigenvalue weighted by molar-refractivity contribution is -0.139. The quantitative estimate of drug-likeness (QED) is 0.356. The zero-order valence-corrected chi connectivity index (χ0v) is 21.3. The van der Waals surface area contributed by atoms with Crippen LogP contribution in [0.2, 0.25) is 0 Å². The molecule has 7 nitrogen and oxygen atoms in total. The highest BCUT2D eigenvalue weighted by Gasteiger charge is 2.34. The zero-order valence-electron chi connectivity index (χ0n) is 21.3. The van der Waals surface area contributed by atoms with Gasteiger partial charge in [0.05, 0.1) is 13.2 Å². The van der Waals surface area contributed by atoms with E-state index in [0.717, 1.165) is 77.4 Å². The van der Waals surface area contributed by atoms with Crippen LogP contribution in [-0.4, -0.2) is 60.3 Å². The number of hydrogen-bond acceptors (Lipinski definition) is 5. The van der Waals surface area contributed by atoms with E-state index in [4.69, 9.17) is 4.74 Å². The number of H-pyrrole nitrogens is 1. The Morgan fingerprint density at radius 3 is 2.55 bits per heavy atom. The first-order chi connectivity index (χ1) is 18.5. The van der Waals surface area contributed by atoms with Crippen molar-refractivity contribution in [3.63, 3.8) is 0 Å². The molecule has 0 amide bonds. The number of benzene rings is 3. The van der Waals surface area contributed by atoms with Gasteiger partial charge < -0.3 is 19.7 Å².